The first-order valence-corrected chi connectivity index (χ1v) is 10.8. The van der Waals surface area contributed by atoms with E-state index >= 15 is 0 Å². The maximum atomic E-state index is 14.2. The molecule has 1 saturated heterocycles. The van der Waals surface area contributed by atoms with Crippen LogP contribution in [0.15, 0.2) is 65.8 Å². The molecule has 1 unspecified atom stereocenters. The molecule has 5 rings (SSSR count). The van der Waals surface area contributed by atoms with Crippen molar-refractivity contribution in [1.82, 2.24) is 19.5 Å². The molecule has 2 aromatic heterocycles. The lowest BCUT2D eigenvalue weighted by atomic mass is 9.88. The van der Waals surface area contributed by atoms with Crippen molar-refractivity contribution in [2.45, 2.75) is 12.8 Å². The van der Waals surface area contributed by atoms with E-state index in [0.29, 0.717) is 46.8 Å². The summed E-state index contributed by atoms with van der Waals surface area (Å²) in [4.78, 5) is 40.9. The highest BCUT2D eigenvalue weighted by Gasteiger charge is 2.29. The Hall–Kier alpha value is -3.94. The number of rotatable bonds is 4. The summed E-state index contributed by atoms with van der Waals surface area (Å²) in [5, 5.41) is 1.06. The van der Waals surface area contributed by atoms with Gasteiger partial charge in [0.15, 0.2) is 5.78 Å². The van der Waals surface area contributed by atoms with Crippen molar-refractivity contribution in [1.29, 1.82) is 0 Å². The van der Waals surface area contributed by atoms with Gasteiger partial charge in [0.2, 0.25) is 5.95 Å². The van der Waals surface area contributed by atoms with Crippen molar-refractivity contribution in [3.05, 3.63) is 82.8 Å². The number of piperidine rings is 1. The number of carbonyl (C=O) groups excluding carboxylic acids is 1. The smallest absolute Gasteiger partial charge is 0.255 e. The first kappa shape index (κ1) is 20.9. The molecule has 8 heteroatoms. The normalized spacial score (nSPS) is 16.2. The molecule has 0 N–H and O–H groups in total. The first-order chi connectivity index (χ1) is 16.0. The number of anilines is 1. The van der Waals surface area contributed by atoms with Crippen LogP contribution in [0.3, 0.4) is 0 Å². The van der Waals surface area contributed by atoms with Crippen LogP contribution in [0.5, 0.6) is 0 Å². The minimum atomic E-state index is -0.340. The number of hydrogen-bond acceptors (Lipinski definition) is 6. The van der Waals surface area contributed by atoms with Gasteiger partial charge in [-0.2, -0.15) is 0 Å². The number of halogens is 1. The van der Waals surface area contributed by atoms with E-state index in [-0.39, 0.29) is 23.1 Å². The lowest BCUT2D eigenvalue weighted by Crippen LogP contribution is -2.42. The van der Waals surface area contributed by atoms with Crippen LogP contribution < -0.4 is 10.5 Å². The summed E-state index contributed by atoms with van der Waals surface area (Å²) in [7, 11) is 1.67. The third-order valence-corrected chi connectivity index (χ3v) is 6.17. The minimum absolute atomic E-state index is 0.0205. The number of carbonyl (C=O) groups is 1. The van der Waals surface area contributed by atoms with Gasteiger partial charge in [-0.05, 0) is 36.4 Å². The highest BCUT2D eigenvalue weighted by atomic mass is 19.1. The van der Waals surface area contributed by atoms with Crippen molar-refractivity contribution in [3.8, 4) is 11.4 Å². The van der Waals surface area contributed by atoms with Crippen LogP contribution >= 0.6 is 0 Å². The molecular formula is C25H22FN5O2. The van der Waals surface area contributed by atoms with Gasteiger partial charge >= 0.3 is 0 Å². The van der Waals surface area contributed by atoms with Gasteiger partial charge in [0.05, 0.1) is 11.4 Å². The average molecular weight is 443 g/mol. The molecule has 1 aliphatic rings. The second-order valence-corrected chi connectivity index (χ2v) is 8.22. The number of ketones is 1. The molecule has 0 spiro atoms. The fraction of sp³-hybridized carbons (Fsp3) is 0.240. The van der Waals surface area contributed by atoms with E-state index in [9.17, 15) is 14.0 Å². The van der Waals surface area contributed by atoms with E-state index in [0.717, 1.165) is 12.8 Å². The van der Waals surface area contributed by atoms with Crippen molar-refractivity contribution in [3.63, 3.8) is 0 Å². The molecule has 2 aromatic carbocycles. The van der Waals surface area contributed by atoms with Crippen LogP contribution in [0.1, 0.15) is 23.2 Å². The van der Waals surface area contributed by atoms with Crippen LogP contribution in [0.4, 0.5) is 10.3 Å². The second kappa shape index (κ2) is 8.54. The predicted molar refractivity (Wildman–Crippen MR) is 124 cm³/mol. The highest BCUT2D eigenvalue weighted by Crippen LogP contribution is 2.29. The van der Waals surface area contributed by atoms with Gasteiger partial charge in [-0.1, -0.05) is 24.3 Å². The molecule has 0 bridgehead atoms. The summed E-state index contributed by atoms with van der Waals surface area (Å²) in [6.45, 7) is 1.11. The third kappa shape index (κ3) is 3.88. The molecule has 1 aliphatic heterocycles. The average Bonchev–Trinajstić information content (AvgIpc) is 2.86. The van der Waals surface area contributed by atoms with E-state index in [2.05, 4.69) is 9.97 Å². The lowest BCUT2D eigenvalue weighted by Gasteiger charge is -2.33. The topological polar surface area (TPSA) is 81.0 Å². The Balaban J connectivity index is 1.48. The molecule has 33 heavy (non-hydrogen) atoms. The molecule has 0 amide bonds. The Morgan fingerprint density at radius 2 is 1.91 bits per heavy atom. The molecule has 4 aromatic rings. The number of nitrogens with zero attached hydrogens (tertiary/aromatic N) is 5. The summed E-state index contributed by atoms with van der Waals surface area (Å²) in [6.07, 6.45) is 4.52. The summed E-state index contributed by atoms with van der Waals surface area (Å²) < 4.78 is 15.7. The molecule has 1 atom stereocenters. The molecule has 3 heterocycles. The molecule has 7 nitrogen and oxygen atoms in total. The minimum Gasteiger partial charge on any atom is -0.341 e. The van der Waals surface area contributed by atoms with Gasteiger partial charge in [0.25, 0.3) is 5.56 Å². The zero-order valence-corrected chi connectivity index (χ0v) is 18.1. The van der Waals surface area contributed by atoms with Gasteiger partial charge < -0.3 is 4.90 Å². The van der Waals surface area contributed by atoms with Crippen molar-refractivity contribution < 1.29 is 9.18 Å². The van der Waals surface area contributed by atoms with E-state index in [1.54, 1.807) is 43.6 Å². The third-order valence-electron chi connectivity index (χ3n) is 6.17. The van der Waals surface area contributed by atoms with Crippen molar-refractivity contribution in [2.75, 3.05) is 18.0 Å². The molecule has 0 saturated carbocycles. The van der Waals surface area contributed by atoms with Crippen LogP contribution in [0, 0.1) is 11.7 Å². The van der Waals surface area contributed by atoms with Crippen molar-refractivity contribution in [2.24, 2.45) is 13.0 Å². The van der Waals surface area contributed by atoms with Crippen molar-refractivity contribution >= 4 is 22.5 Å². The number of hydrogen-bond donors (Lipinski definition) is 0. The fourth-order valence-corrected chi connectivity index (χ4v) is 4.45. The Kier molecular flexibility index (Phi) is 5.42. The number of fused-ring (bicyclic) bond motifs is 1. The zero-order chi connectivity index (χ0) is 22.9. The summed E-state index contributed by atoms with van der Waals surface area (Å²) in [5.74, 6) is -0.147. The van der Waals surface area contributed by atoms with Gasteiger partial charge in [0, 0.05) is 49.3 Å². The Labute approximate surface area is 189 Å². The zero-order valence-electron chi connectivity index (χ0n) is 18.1. The lowest BCUT2D eigenvalue weighted by molar-refractivity contribution is 0.0908. The summed E-state index contributed by atoms with van der Waals surface area (Å²) in [5.41, 5.74) is 1.35. The molecule has 0 aliphatic carbocycles. The van der Waals surface area contributed by atoms with Gasteiger partial charge in [-0.25, -0.2) is 19.3 Å². The monoisotopic (exact) mass is 443 g/mol. The van der Waals surface area contributed by atoms with E-state index in [1.807, 2.05) is 11.0 Å². The number of Topliss-reactive ketones (excluding diaryl/α,β-unsaturated/α-hetero) is 1. The predicted octanol–water partition coefficient (Wildman–Crippen LogP) is 3.63. The Morgan fingerprint density at radius 1 is 1.09 bits per heavy atom. The summed E-state index contributed by atoms with van der Waals surface area (Å²) in [6, 6.07) is 13.1. The highest BCUT2D eigenvalue weighted by molar-refractivity contribution is 6.09. The Bertz CT molecular complexity index is 1400. The Morgan fingerprint density at radius 3 is 2.70 bits per heavy atom. The maximum absolute atomic E-state index is 14.2. The van der Waals surface area contributed by atoms with Crippen LogP contribution in [-0.4, -0.2) is 38.4 Å². The standard InChI is InChI=1S/C25H22FN5O2/c1-30-23(32)13-22(21-10-11-27-15-28-21)29-25(30)31-12-4-5-16(14-31)24(33)19-8-9-20(26)18-7-3-2-6-17(18)19/h2-3,6-11,13,15-16H,4-5,12,14H2,1H3. The van der Waals surface area contributed by atoms with E-state index < -0.39 is 0 Å². The molecular weight excluding hydrogens is 421 g/mol. The second-order valence-electron chi connectivity index (χ2n) is 8.22. The maximum Gasteiger partial charge on any atom is 0.255 e. The molecule has 0 radical (unpaired) electrons. The number of aromatic nitrogens is 4. The first-order valence-electron chi connectivity index (χ1n) is 10.8. The number of benzene rings is 2. The van der Waals surface area contributed by atoms with E-state index in [4.69, 9.17) is 4.98 Å². The SMILES string of the molecule is Cn1c(N2CCCC(C(=O)c3ccc(F)c4ccccc34)C2)nc(-c2ccncn2)cc1=O. The van der Waals surface area contributed by atoms with Crippen LogP contribution in [0.2, 0.25) is 0 Å². The van der Waals surface area contributed by atoms with E-state index in [1.165, 1.54) is 23.0 Å². The van der Waals surface area contributed by atoms with Crippen LogP contribution in [0.25, 0.3) is 22.2 Å². The fourth-order valence-electron chi connectivity index (χ4n) is 4.45. The van der Waals surface area contributed by atoms with Crippen LogP contribution in [-0.2, 0) is 7.05 Å². The molecule has 166 valence electrons. The van der Waals surface area contributed by atoms with Gasteiger partial charge in [-0.15, -0.1) is 0 Å². The molecule has 1 fully saturated rings. The largest absolute Gasteiger partial charge is 0.341 e. The van der Waals surface area contributed by atoms with Gasteiger partial charge in [-0.3, -0.25) is 14.2 Å². The van der Waals surface area contributed by atoms with Gasteiger partial charge in [0.1, 0.15) is 12.1 Å². The summed E-state index contributed by atoms with van der Waals surface area (Å²) >= 11 is 0. The quantitative estimate of drug-likeness (QED) is 0.448.